The maximum absolute atomic E-state index is 13.5. The number of carbonyl (C=O) groups excluding carboxylic acids is 2. The molecule has 1 aliphatic heterocycles. The topological polar surface area (TPSA) is 138 Å². The number of nitrogen functional groups attached to an aromatic ring is 1. The average Bonchev–Trinajstić information content (AvgIpc) is 3.50. The number of nitrogens with one attached hydrogen (secondary N) is 2. The van der Waals surface area contributed by atoms with Crippen molar-refractivity contribution < 1.29 is 9.59 Å². The van der Waals surface area contributed by atoms with E-state index in [0.717, 1.165) is 25.3 Å². The first-order valence-corrected chi connectivity index (χ1v) is 12.1. The zero-order valence-electron chi connectivity index (χ0n) is 20.8. The van der Waals surface area contributed by atoms with Crippen molar-refractivity contribution in [3.63, 3.8) is 0 Å². The number of hydrogen-bond acceptors (Lipinski definition) is 7. The summed E-state index contributed by atoms with van der Waals surface area (Å²) >= 11 is 6.41. The minimum atomic E-state index is -0.310. The highest BCUT2D eigenvalue weighted by Gasteiger charge is 2.37. The molecule has 190 valence electrons. The van der Waals surface area contributed by atoms with Gasteiger partial charge in [-0.15, -0.1) is 0 Å². The molecule has 0 aromatic carbocycles. The molecule has 11 nitrogen and oxygen atoms in total. The molecule has 0 bridgehead atoms. The van der Waals surface area contributed by atoms with Crippen molar-refractivity contribution in [2.24, 2.45) is 7.05 Å². The fourth-order valence-corrected chi connectivity index (χ4v) is 4.39. The largest absolute Gasteiger partial charge is 0.368 e. The highest BCUT2D eigenvalue weighted by atomic mass is 35.5. The second kappa shape index (κ2) is 10.5. The standard InChI is InChI=1S/C24H30ClN9O2/c1-5-33(6-2)8-7-27-22(35)15-10-16(28-12-15)11-18-19-20(25)29-24(26)30-21(19)34(23(18)36)13-17-9-14(3)32(4)31-17/h9-12,28H,5-8,13H2,1-4H3,(H,27,35)(H2,26,29,30)/b18-11-. The second-order valence-electron chi connectivity index (χ2n) is 8.55. The average molecular weight is 512 g/mol. The van der Waals surface area contributed by atoms with E-state index in [1.165, 1.54) is 4.90 Å². The van der Waals surface area contributed by atoms with Gasteiger partial charge < -0.3 is 20.9 Å². The quantitative estimate of drug-likeness (QED) is 0.296. The Morgan fingerprint density at radius 1 is 1.28 bits per heavy atom. The highest BCUT2D eigenvalue weighted by Crippen LogP contribution is 2.41. The van der Waals surface area contributed by atoms with Crippen molar-refractivity contribution >= 4 is 46.8 Å². The number of nitrogens with zero attached hydrogens (tertiary/aromatic N) is 6. The number of nitrogens with two attached hydrogens (primary N) is 1. The van der Waals surface area contributed by atoms with Gasteiger partial charge in [-0.2, -0.15) is 10.1 Å². The summed E-state index contributed by atoms with van der Waals surface area (Å²) in [6.07, 6.45) is 3.25. The Hall–Kier alpha value is -3.70. The molecule has 0 atom stereocenters. The number of H-pyrrole nitrogens is 1. The van der Waals surface area contributed by atoms with Crippen molar-refractivity contribution in [3.8, 4) is 0 Å². The van der Waals surface area contributed by atoms with Gasteiger partial charge >= 0.3 is 0 Å². The van der Waals surface area contributed by atoms with Crippen LogP contribution in [0.25, 0.3) is 11.6 Å². The molecule has 0 spiro atoms. The molecule has 0 radical (unpaired) electrons. The van der Waals surface area contributed by atoms with Crippen molar-refractivity contribution in [2.45, 2.75) is 27.3 Å². The Bertz CT molecular complexity index is 1300. The van der Waals surface area contributed by atoms with E-state index in [-0.39, 0.29) is 29.5 Å². The van der Waals surface area contributed by atoms with Crippen LogP contribution in [0.15, 0.2) is 18.3 Å². The number of anilines is 2. The maximum atomic E-state index is 13.5. The summed E-state index contributed by atoms with van der Waals surface area (Å²) in [4.78, 5) is 41.2. The van der Waals surface area contributed by atoms with E-state index < -0.39 is 0 Å². The predicted octanol–water partition coefficient (Wildman–Crippen LogP) is 2.24. The number of rotatable bonds is 9. The van der Waals surface area contributed by atoms with Gasteiger partial charge in [-0.05, 0) is 38.2 Å². The molecule has 0 fully saturated rings. The van der Waals surface area contributed by atoms with Gasteiger partial charge in [0.15, 0.2) is 5.82 Å². The second-order valence-corrected chi connectivity index (χ2v) is 8.91. The third kappa shape index (κ3) is 5.12. The summed E-state index contributed by atoms with van der Waals surface area (Å²) in [5.74, 6) is -0.205. The molecule has 3 aromatic rings. The molecule has 4 rings (SSSR count). The summed E-state index contributed by atoms with van der Waals surface area (Å²) in [5, 5.41) is 7.45. The SMILES string of the molecule is CCN(CC)CCNC(=O)c1c[nH]c(/C=C2\C(=O)N(Cc3cc(C)n(C)n3)c3nc(N)nc(Cl)c32)c1. The molecule has 36 heavy (non-hydrogen) atoms. The van der Waals surface area contributed by atoms with E-state index in [1.54, 1.807) is 23.0 Å². The summed E-state index contributed by atoms with van der Waals surface area (Å²) in [7, 11) is 1.84. The maximum Gasteiger partial charge on any atom is 0.260 e. The first-order valence-electron chi connectivity index (χ1n) is 11.8. The Morgan fingerprint density at radius 2 is 2.03 bits per heavy atom. The first-order chi connectivity index (χ1) is 17.2. The fourth-order valence-electron chi connectivity index (χ4n) is 4.12. The summed E-state index contributed by atoms with van der Waals surface area (Å²) in [5.41, 5.74) is 9.23. The minimum Gasteiger partial charge on any atom is -0.368 e. The van der Waals surface area contributed by atoms with E-state index in [1.807, 2.05) is 20.0 Å². The van der Waals surface area contributed by atoms with Crippen LogP contribution in [-0.2, 0) is 18.4 Å². The van der Waals surface area contributed by atoms with Crippen LogP contribution in [0.3, 0.4) is 0 Å². The van der Waals surface area contributed by atoms with Crippen LogP contribution in [0.2, 0.25) is 5.15 Å². The highest BCUT2D eigenvalue weighted by molar-refractivity contribution is 6.41. The number of halogens is 1. The lowest BCUT2D eigenvalue weighted by atomic mass is 10.1. The Balaban J connectivity index is 1.58. The molecule has 1 aliphatic rings. The Morgan fingerprint density at radius 3 is 2.69 bits per heavy atom. The summed E-state index contributed by atoms with van der Waals surface area (Å²) in [6, 6.07) is 3.58. The van der Waals surface area contributed by atoms with E-state index in [9.17, 15) is 9.59 Å². The first kappa shape index (κ1) is 25.4. The van der Waals surface area contributed by atoms with Crippen molar-refractivity contribution in [1.82, 2.24) is 34.9 Å². The van der Waals surface area contributed by atoms with Gasteiger partial charge in [0.05, 0.1) is 28.9 Å². The lowest BCUT2D eigenvalue weighted by Crippen LogP contribution is -2.34. The lowest BCUT2D eigenvalue weighted by molar-refractivity contribution is -0.113. The number of likely N-dealkylation sites (N-methyl/N-ethyl adjacent to an activating group) is 1. The molecule has 12 heteroatoms. The van der Waals surface area contributed by atoms with Gasteiger partial charge in [0.2, 0.25) is 5.95 Å². The Kier molecular flexibility index (Phi) is 7.41. The smallest absolute Gasteiger partial charge is 0.260 e. The zero-order valence-corrected chi connectivity index (χ0v) is 21.6. The monoisotopic (exact) mass is 511 g/mol. The van der Waals surface area contributed by atoms with Crippen LogP contribution in [0.5, 0.6) is 0 Å². The van der Waals surface area contributed by atoms with Crippen LogP contribution in [0, 0.1) is 6.92 Å². The zero-order chi connectivity index (χ0) is 26.0. The number of aryl methyl sites for hydroxylation is 2. The molecule has 0 aliphatic carbocycles. The molecule has 0 saturated carbocycles. The fraction of sp³-hybridized carbons (Fsp3) is 0.375. The number of carbonyl (C=O) groups is 2. The number of aromatic nitrogens is 5. The number of fused-ring (bicyclic) bond motifs is 1. The molecule has 0 unspecified atom stereocenters. The van der Waals surface area contributed by atoms with Gasteiger partial charge in [0.25, 0.3) is 11.8 Å². The Labute approximate surface area is 214 Å². The van der Waals surface area contributed by atoms with Crippen molar-refractivity contribution in [1.29, 1.82) is 0 Å². The number of amides is 2. The van der Waals surface area contributed by atoms with E-state index in [2.05, 4.69) is 44.1 Å². The van der Waals surface area contributed by atoms with Gasteiger partial charge in [-0.25, -0.2) is 4.98 Å². The number of aromatic amines is 1. The van der Waals surface area contributed by atoms with Gasteiger partial charge in [0, 0.05) is 37.7 Å². The normalized spacial score (nSPS) is 14.2. The van der Waals surface area contributed by atoms with Gasteiger partial charge in [-0.3, -0.25) is 19.2 Å². The number of hydrogen-bond donors (Lipinski definition) is 3. The summed E-state index contributed by atoms with van der Waals surface area (Å²) < 4.78 is 1.74. The third-order valence-electron chi connectivity index (χ3n) is 6.22. The van der Waals surface area contributed by atoms with E-state index in [4.69, 9.17) is 17.3 Å². The van der Waals surface area contributed by atoms with Crippen molar-refractivity contribution in [3.05, 3.63) is 51.7 Å². The van der Waals surface area contributed by atoms with Crippen LogP contribution in [0.4, 0.5) is 11.8 Å². The van der Waals surface area contributed by atoms with Crippen LogP contribution < -0.4 is 16.0 Å². The summed E-state index contributed by atoms with van der Waals surface area (Å²) in [6.45, 7) is 9.48. The molecule has 0 saturated heterocycles. The van der Waals surface area contributed by atoms with Crippen LogP contribution in [-0.4, -0.2) is 67.6 Å². The van der Waals surface area contributed by atoms with E-state index in [0.29, 0.717) is 40.5 Å². The molecule has 2 amide bonds. The lowest BCUT2D eigenvalue weighted by Gasteiger charge is -2.17. The third-order valence-corrected chi connectivity index (χ3v) is 6.50. The molecule has 4 N–H and O–H groups in total. The minimum absolute atomic E-state index is 0.0291. The van der Waals surface area contributed by atoms with Crippen LogP contribution >= 0.6 is 11.6 Å². The van der Waals surface area contributed by atoms with Crippen LogP contribution in [0.1, 0.15) is 46.9 Å². The molecule has 4 heterocycles. The van der Waals surface area contributed by atoms with Gasteiger partial charge in [0.1, 0.15) is 5.15 Å². The van der Waals surface area contributed by atoms with Crippen molar-refractivity contribution in [2.75, 3.05) is 36.8 Å². The molecule has 3 aromatic heterocycles. The predicted molar refractivity (Wildman–Crippen MR) is 139 cm³/mol. The molecular weight excluding hydrogens is 482 g/mol. The molecular formula is C24H30ClN9O2. The van der Waals surface area contributed by atoms with Gasteiger partial charge in [-0.1, -0.05) is 25.4 Å². The van der Waals surface area contributed by atoms with E-state index >= 15 is 0 Å².